The van der Waals surface area contributed by atoms with E-state index in [2.05, 4.69) is 14.9 Å². The number of aromatic nitrogens is 2. The highest BCUT2D eigenvalue weighted by atomic mass is 19.1. The molecule has 3 heterocycles. The summed E-state index contributed by atoms with van der Waals surface area (Å²) >= 11 is 0. The van der Waals surface area contributed by atoms with E-state index in [0.29, 0.717) is 19.0 Å². The average Bonchev–Trinajstić information content (AvgIpc) is 3.02. The summed E-state index contributed by atoms with van der Waals surface area (Å²) in [5.74, 6) is 0.00931. The van der Waals surface area contributed by atoms with Crippen molar-refractivity contribution in [3.63, 3.8) is 0 Å². The van der Waals surface area contributed by atoms with E-state index in [9.17, 15) is 9.18 Å². The molecule has 1 spiro atoms. The minimum absolute atomic E-state index is 0.0950. The van der Waals surface area contributed by atoms with Gasteiger partial charge in [-0.2, -0.15) is 0 Å². The second kappa shape index (κ2) is 5.30. The number of amides is 1. The fourth-order valence-electron chi connectivity index (χ4n) is 3.54. The molecule has 6 heteroatoms. The van der Waals surface area contributed by atoms with Crippen molar-refractivity contribution >= 4 is 11.9 Å². The lowest BCUT2D eigenvalue weighted by atomic mass is 9.84. The first-order chi connectivity index (χ1) is 11.2. The van der Waals surface area contributed by atoms with Crippen LogP contribution in [-0.2, 0) is 0 Å². The fourth-order valence-corrected chi connectivity index (χ4v) is 3.54. The highest BCUT2D eigenvalue weighted by Crippen LogP contribution is 2.41. The van der Waals surface area contributed by atoms with Gasteiger partial charge in [0.1, 0.15) is 5.82 Å². The van der Waals surface area contributed by atoms with Crippen molar-refractivity contribution < 1.29 is 9.18 Å². The van der Waals surface area contributed by atoms with Crippen molar-refractivity contribution in [1.29, 1.82) is 0 Å². The van der Waals surface area contributed by atoms with Gasteiger partial charge in [0.15, 0.2) is 0 Å². The molecular formula is C17H17FN4O. The summed E-state index contributed by atoms with van der Waals surface area (Å²) in [7, 11) is 0. The Kier molecular flexibility index (Phi) is 3.25. The summed E-state index contributed by atoms with van der Waals surface area (Å²) in [6.07, 6.45) is 5.33. The number of halogens is 1. The zero-order valence-corrected chi connectivity index (χ0v) is 12.7. The van der Waals surface area contributed by atoms with E-state index in [1.165, 1.54) is 6.07 Å². The molecule has 0 unspecified atom stereocenters. The predicted molar refractivity (Wildman–Crippen MR) is 83.6 cm³/mol. The van der Waals surface area contributed by atoms with Gasteiger partial charge in [-0.1, -0.05) is 12.1 Å². The summed E-state index contributed by atoms with van der Waals surface area (Å²) in [6.45, 7) is 2.13. The van der Waals surface area contributed by atoms with Crippen molar-refractivity contribution in [3.05, 3.63) is 54.1 Å². The van der Waals surface area contributed by atoms with E-state index in [1.54, 1.807) is 41.6 Å². The van der Waals surface area contributed by atoms with Crippen LogP contribution in [0.3, 0.4) is 0 Å². The molecule has 0 radical (unpaired) electrons. The molecule has 2 aliphatic rings. The number of hydrogen-bond donors (Lipinski definition) is 0. The van der Waals surface area contributed by atoms with Crippen molar-refractivity contribution in [1.82, 2.24) is 14.9 Å². The fraction of sp³-hybridized carbons (Fsp3) is 0.353. The van der Waals surface area contributed by atoms with Crippen molar-refractivity contribution in [2.24, 2.45) is 0 Å². The molecule has 1 amide bonds. The Bertz CT molecular complexity index is 738. The highest BCUT2D eigenvalue weighted by Gasteiger charge is 2.51. The SMILES string of the molecule is O=C(c1ccccc1F)N1CC[C@@]2(CCN2c2ncccn2)C1. The summed E-state index contributed by atoms with van der Waals surface area (Å²) in [5.41, 5.74) is 0.0498. The lowest BCUT2D eigenvalue weighted by molar-refractivity contribution is 0.0771. The minimum Gasteiger partial charge on any atom is -0.336 e. The van der Waals surface area contributed by atoms with Crippen molar-refractivity contribution in [3.8, 4) is 0 Å². The standard InChI is InChI=1S/C17H17FN4O/c18-14-5-2-1-4-13(14)15(23)21-10-6-17(12-21)7-11-22(17)16-19-8-3-9-20-16/h1-5,8-9H,6-7,10-12H2/t17-/m1/s1. The van der Waals surface area contributed by atoms with Gasteiger partial charge in [0.25, 0.3) is 5.91 Å². The molecule has 0 saturated carbocycles. The van der Waals surface area contributed by atoms with E-state index in [-0.39, 0.29) is 17.0 Å². The third-order valence-corrected chi connectivity index (χ3v) is 4.89. The van der Waals surface area contributed by atoms with Crippen LogP contribution in [0.25, 0.3) is 0 Å². The van der Waals surface area contributed by atoms with Gasteiger partial charge >= 0.3 is 0 Å². The van der Waals surface area contributed by atoms with Crippen LogP contribution in [-0.4, -0.2) is 45.9 Å². The lowest BCUT2D eigenvalue weighted by Crippen LogP contribution is -2.62. The molecule has 2 aliphatic heterocycles. The molecule has 1 aromatic carbocycles. The predicted octanol–water partition coefficient (Wildman–Crippen LogP) is 2.11. The van der Waals surface area contributed by atoms with E-state index in [4.69, 9.17) is 0 Å². The summed E-state index contributed by atoms with van der Waals surface area (Å²) < 4.78 is 13.8. The van der Waals surface area contributed by atoms with Crippen LogP contribution in [0.15, 0.2) is 42.7 Å². The Morgan fingerprint density at radius 1 is 1.09 bits per heavy atom. The second-order valence-electron chi connectivity index (χ2n) is 6.13. The number of anilines is 1. The Hall–Kier alpha value is -2.50. The molecule has 0 bridgehead atoms. The largest absolute Gasteiger partial charge is 0.336 e. The third kappa shape index (κ3) is 2.25. The molecule has 2 aromatic rings. The van der Waals surface area contributed by atoms with E-state index in [0.717, 1.165) is 19.4 Å². The van der Waals surface area contributed by atoms with Crippen LogP contribution in [0.1, 0.15) is 23.2 Å². The van der Waals surface area contributed by atoms with Gasteiger partial charge in [0.2, 0.25) is 5.95 Å². The quantitative estimate of drug-likeness (QED) is 0.852. The highest BCUT2D eigenvalue weighted by molar-refractivity contribution is 5.94. The molecule has 23 heavy (non-hydrogen) atoms. The van der Waals surface area contributed by atoms with Gasteiger partial charge in [0.05, 0.1) is 11.1 Å². The van der Waals surface area contributed by atoms with Gasteiger partial charge < -0.3 is 9.80 Å². The van der Waals surface area contributed by atoms with Crippen molar-refractivity contribution in [2.75, 3.05) is 24.5 Å². The monoisotopic (exact) mass is 312 g/mol. The van der Waals surface area contributed by atoms with Gasteiger partial charge in [-0.25, -0.2) is 14.4 Å². The normalized spacial score (nSPS) is 23.2. The maximum Gasteiger partial charge on any atom is 0.256 e. The Balaban J connectivity index is 1.53. The number of likely N-dealkylation sites (tertiary alicyclic amines) is 1. The molecule has 5 nitrogen and oxygen atoms in total. The van der Waals surface area contributed by atoms with Gasteiger partial charge in [-0.3, -0.25) is 4.79 Å². The number of carbonyl (C=O) groups is 1. The molecule has 0 N–H and O–H groups in total. The number of carbonyl (C=O) groups excluding carboxylic acids is 1. The molecule has 0 aliphatic carbocycles. The molecular weight excluding hydrogens is 295 g/mol. The van der Waals surface area contributed by atoms with E-state index >= 15 is 0 Å². The van der Waals surface area contributed by atoms with E-state index < -0.39 is 5.82 Å². The zero-order chi connectivity index (χ0) is 15.9. The van der Waals surface area contributed by atoms with Crippen molar-refractivity contribution in [2.45, 2.75) is 18.4 Å². The number of benzene rings is 1. The van der Waals surface area contributed by atoms with Crippen LogP contribution in [0.5, 0.6) is 0 Å². The number of rotatable bonds is 2. The van der Waals surface area contributed by atoms with Gasteiger partial charge in [0, 0.05) is 32.0 Å². The summed E-state index contributed by atoms with van der Waals surface area (Å²) in [5, 5.41) is 0. The zero-order valence-electron chi connectivity index (χ0n) is 12.7. The maximum absolute atomic E-state index is 13.8. The van der Waals surface area contributed by atoms with Crippen LogP contribution >= 0.6 is 0 Å². The Morgan fingerprint density at radius 2 is 1.83 bits per heavy atom. The average molecular weight is 312 g/mol. The summed E-state index contributed by atoms with van der Waals surface area (Å²) in [4.78, 5) is 25.1. The van der Waals surface area contributed by atoms with Gasteiger partial charge in [-0.05, 0) is 31.0 Å². The first-order valence-electron chi connectivity index (χ1n) is 7.78. The molecule has 2 fully saturated rings. The van der Waals surface area contributed by atoms with Crippen LogP contribution < -0.4 is 4.90 Å². The van der Waals surface area contributed by atoms with Crippen LogP contribution in [0.4, 0.5) is 10.3 Å². The molecule has 4 rings (SSSR count). The molecule has 1 atom stereocenters. The van der Waals surface area contributed by atoms with E-state index in [1.807, 2.05) is 0 Å². The smallest absolute Gasteiger partial charge is 0.256 e. The Labute approximate surface area is 133 Å². The van der Waals surface area contributed by atoms with Gasteiger partial charge in [-0.15, -0.1) is 0 Å². The number of hydrogen-bond acceptors (Lipinski definition) is 4. The summed E-state index contributed by atoms with van der Waals surface area (Å²) in [6, 6.07) is 7.94. The lowest BCUT2D eigenvalue weighted by Gasteiger charge is -2.50. The second-order valence-corrected chi connectivity index (χ2v) is 6.13. The maximum atomic E-state index is 13.8. The molecule has 118 valence electrons. The first-order valence-corrected chi connectivity index (χ1v) is 7.78. The number of nitrogens with zero attached hydrogens (tertiary/aromatic N) is 4. The topological polar surface area (TPSA) is 49.3 Å². The third-order valence-electron chi connectivity index (χ3n) is 4.89. The Morgan fingerprint density at radius 3 is 2.52 bits per heavy atom. The van der Waals surface area contributed by atoms with Crippen LogP contribution in [0.2, 0.25) is 0 Å². The molecule has 1 aromatic heterocycles. The molecule has 2 saturated heterocycles. The van der Waals surface area contributed by atoms with Crippen LogP contribution in [0, 0.1) is 5.82 Å². The minimum atomic E-state index is -0.463. The first kappa shape index (κ1) is 14.1.